The van der Waals surface area contributed by atoms with E-state index >= 15 is 0 Å². The van der Waals surface area contributed by atoms with Crippen molar-refractivity contribution in [2.45, 2.75) is 4.90 Å². The largest absolute Gasteiger partial charge is 0.478 e. The number of nitrogens with one attached hydrogen (secondary N) is 1. The van der Waals surface area contributed by atoms with E-state index in [2.05, 4.69) is 0 Å². The first-order valence-corrected chi connectivity index (χ1v) is 7.96. The zero-order valence-corrected chi connectivity index (χ0v) is 13.0. The number of aromatic carboxylic acids is 1. The van der Waals surface area contributed by atoms with Gasteiger partial charge in [0.25, 0.3) is 10.0 Å². The number of sulfonamides is 1. The summed E-state index contributed by atoms with van der Waals surface area (Å²) in [7, 11) is -4.24. The fourth-order valence-electron chi connectivity index (χ4n) is 1.72. The molecule has 0 aliphatic carbocycles. The first-order valence-electron chi connectivity index (χ1n) is 5.72. The summed E-state index contributed by atoms with van der Waals surface area (Å²) in [4.78, 5) is 10.7. The Kier molecular flexibility index (Phi) is 4.60. The summed E-state index contributed by atoms with van der Waals surface area (Å²) in [5.74, 6) is -2.67. The Morgan fingerprint density at radius 3 is 2.41 bits per heavy atom. The summed E-state index contributed by atoms with van der Waals surface area (Å²) in [6.07, 6.45) is 0. The predicted octanol–water partition coefficient (Wildman–Crippen LogP) is 3.63. The van der Waals surface area contributed by atoms with Crippen LogP contribution < -0.4 is 4.72 Å². The van der Waals surface area contributed by atoms with Crippen molar-refractivity contribution in [3.05, 3.63) is 57.8 Å². The molecule has 0 saturated heterocycles. The fraction of sp³-hybridized carbons (Fsp3) is 0. The third kappa shape index (κ3) is 3.16. The highest BCUT2D eigenvalue weighted by Crippen LogP contribution is 2.31. The van der Waals surface area contributed by atoms with Crippen molar-refractivity contribution >= 4 is 44.9 Å². The minimum atomic E-state index is -4.24. The molecule has 0 atom stereocenters. The topological polar surface area (TPSA) is 83.5 Å². The average molecular weight is 364 g/mol. The molecule has 2 aromatic carbocycles. The highest BCUT2D eigenvalue weighted by molar-refractivity contribution is 7.92. The van der Waals surface area contributed by atoms with Crippen molar-refractivity contribution in [3.8, 4) is 0 Å². The Hall–Kier alpha value is -1.83. The zero-order valence-electron chi connectivity index (χ0n) is 10.7. The van der Waals surface area contributed by atoms with Crippen molar-refractivity contribution in [3.63, 3.8) is 0 Å². The monoisotopic (exact) mass is 363 g/mol. The fourth-order valence-corrected chi connectivity index (χ4v) is 3.55. The van der Waals surface area contributed by atoms with Crippen molar-refractivity contribution in [2.24, 2.45) is 0 Å². The Bertz CT molecular complexity index is 855. The van der Waals surface area contributed by atoms with Gasteiger partial charge in [-0.15, -0.1) is 0 Å². The molecule has 22 heavy (non-hydrogen) atoms. The Balaban J connectivity index is 2.53. The molecule has 0 unspecified atom stereocenters. The smallest absolute Gasteiger partial charge is 0.340 e. The van der Waals surface area contributed by atoms with Crippen LogP contribution in [0.4, 0.5) is 10.1 Å². The molecule has 116 valence electrons. The summed E-state index contributed by atoms with van der Waals surface area (Å²) in [5, 5.41) is 8.79. The van der Waals surface area contributed by atoms with E-state index in [-0.39, 0.29) is 14.9 Å². The van der Waals surface area contributed by atoms with E-state index < -0.39 is 33.1 Å². The third-order valence-corrected chi connectivity index (χ3v) is 5.02. The number of benzene rings is 2. The maximum absolute atomic E-state index is 13.6. The molecule has 0 bridgehead atoms. The maximum Gasteiger partial charge on any atom is 0.340 e. The van der Waals surface area contributed by atoms with Gasteiger partial charge in [0.1, 0.15) is 16.3 Å². The van der Waals surface area contributed by atoms with Crippen molar-refractivity contribution in [2.75, 3.05) is 4.72 Å². The molecule has 0 heterocycles. The molecule has 0 amide bonds. The molecule has 0 spiro atoms. The van der Waals surface area contributed by atoms with E-state index in [0.29, 0.717) is 0 Å². The number of carboxylic acids is 1. The predicted molar refractivity (Wildman–Crippen MR) is 80.6 cm³/mol. The highest BCUT2D eigenvalue weighted by Gasteiger charge is 2.23. The van der Waals surface area contributed by atoms with E-state index in [4.69, 9.17) is 28.3 Å². The molecule has 0 aliphatic heterocycles. The van der Waals surface area contributed by atoms with E-state index in [1.165, 1.54) is 24.3 Å². The summed E-state index contributed by atoms with van der Waals surface area (Å²) >= 11 is 11.6. The van der Waals surface area contributed by atoms with Crippen LogP contribution >= 0.6 is 23.2 Å². The average Bonchev–Trinajstić information content (AvgIpc) is 2.40. The number of rotatable bonds is 4. The van der Waals surface area contributed by atoms with Crippen molar-refractivity contribution in [1.82, 2.24) is 0 Å². The van der Waals surface area contributed by atoms with Crippen LogP contribution in [0.2, 0.25) is 10.0 Å². The first kappa shape index (κ1) is 16.5. The van der Waals surface area contributed by atoms with Gasteiger partial charge in [-0.3, -0.25) is 4.72 Å². The molecule has 5 nitrogen and oxygen atoms in total. The Morgan fingerprint density at radius 2 is 1.77 bits per heavy atom. The normalized spacial score (nSPS) is 11.2. The third-order valence-electron chi connectivity index (χ3n) is 2.68. The van der Waals surface area contributed by atoms with E-state index in [1.54, 1.807) is 0 Å². The molecule has 2 aromatic rings. The highest BCUT2D eigenvalue weighted by atomic mass is 35.5. The van der Waals surface area contributed by atoms with Crippen LogP contribution in [0.5, 0.6) is 0 Å². The zero-order chi connectivity index (χ0) is 16.5. The van der Waals surface area contributed by atoms with Gasteiger partial charge in [0.15, 0.2) is 0 Å². The Labute approximate surface area is 135 Å². The summed E-state index contributed by atoms with van der Waals surface area (Å²) in [6.45, 7) is 0. The van der Waals surface area contributed by atoms with Gasteiger partial charge in [-0.05, 0) is 24.3 Å². The summed E-state index contributed by atoms with van der Waals surface area (Å²) in [6, 6.07) is 7.17. The van der Waals surface area contributed by atoms with Gasteiger partial charge in [0.2, 0.25) is 0 Å². The lowest BCUT2D eigenvalue weighted by Gasteiger charge is -2.12. The molecule has 0 radical (unpaired) electrons. The van der Waals surface area contributed by atoms with Gasteiger partial charge in [-0.1, -0.05) is 35.3 Å². The second kappa shape index (κ2) is 6.12. The van der Waals surface area contributed by atoms with Gasteiger partial charge in [0, 0.05) is 0 Å². The lowest BCUT2D eigenvalue weighted by Crippen LogP contribution is -2.17. The Morgan fingerprint density at radius 1 is 1.14 bits per heavy atom. The van der Waals surface area contributed by atoms with Crippen molar-refractivity contribution in [1.29, 1.82) is 0 Å². The standard InChI is InChI=1S/C13H8Cl2FNO4S/c14-7-3-1-6-10(12(7)15)22(20,21)17-9-5-2-4-8(16)11(9)13(18)19/h1-6,17H,(H,18,19). The molecule has 0 aliphatic rings. The number of carboxylic acid groups (broad SMARTS) is 1. The van der Waals surface area contributed by atoms with Crippen LogP contribution in [0.25, 0.3) is 0 Å². The number of anilines is 1. The van der Waals surface area contributed by atoms with Gasteiger partial charge in [-0.25, -0.2) is 17.6 Å². The molecular weight excluding hydrogens is 356 g/mol. The minimum absolute atomic E-state index is 0.0160. The quantitative estimate of drug-likeness (QED) is 0.868. The van der Waals surface area contributed by atoms with Crippen LogP contribution in [0.1, 0.15) is 10.4 Å². The first-order chi connectivity index (χ1) is 10.2. The number of carbonyl (C=O) groups is 1. The van der Waals surface area contributed by atoms with Crippen LogP contribution in [0.3, 0.4) is 0 Å². The number of hydrogen-bond donors (Lipinski definition) is 2. The molecule has 2 rings (SSSR count). The van der Waals surface area contributed by atoms with Gasteiger partial charge in [0.05, 0.1) is 15.7 Å². The molecule has 0 saturated carbocycles. The van der Waals surface area contributed by atoms with E-state index in [0.717, 1.165) is 12.1 Å². The van der Waals surface area contributed by atoms with Gasteiger partial charge >= 0.3 is 5.97 Å². The van der Waals surface area contributed by atoms with Gasteiger partial charge < -0.3 is 5.11 Å². The lowest BCUT2D eigenvalue weighted by molar-refractivity contribution is 0.0693. The lowest BCUT2D eigenvalue weighted by atomic mass is 10.2. The van der Waals surface area contributed by atoms with E-state index in [9.17, 15) is 17.6 Å². The molecule has 9 heteroatoms. The maximum atomic E-state index is 13.6. The van der Waals surface area contributed by atoms with Crippen LogP contribution in [0, 0.1) is 5.82 Å². The van der Waals surface area contributed by atoms with E-state index in [1.807, 2.05) is 4.72 Å². The molecule has 0 aromatic heterocycles. The van der Waals surface area contributed by atoms with Gasteiger partial charge in [-0.2, -0.15) is 0 Å². The second-order valence-electron chi connectivity index (χ2n) is 4.13. The molecular formula is C13H8Cl2FNO4S. The van der Waals surface area contributed by atoms with Crippen LogP contribution in [0.15, 0.2) is 41.3 Å². The summed E-state index contributed by atoms with van der Waals surface area (Å²) < 4.78 is 40.1. The molecule has 2 N–H and O–H groups in total. The van der Waals surface area contributed by atoms with Crippen LogP contribution in [-0.4, -0.2) is 19.5 Å². The number of halogens is 3. The van der Waals surface area contributed by atoms with Crippen molar-refractivity contribution < 1.29 is 22.7 Å². The summed E-state index contributed by atoms with van der Waals surface area (Å²) in [5.41, 5.74) is -1.20. The number of hydrogen-bond acceptors (Lipinski definition) is 3. The SMILES string of the molecule is O=C(O)c1c(F)cccc1NS(=O)(=O)c1cccc(Cl)c1Cl. The minimum Gasteiger partial charge on any atom is -0.478 e. The second-order valence-corrected chi connectivity index (χ2v) is 6.56. The van der Waals surface area contributed by atoms with Crippen LogP contribution in [-0.2, 0) is 10.0 Å². The molecule has 0 fully saturated rings.